The van der Waals surface area contributed by atoms with E-state index in [0.29, 0.717) is 5.92 Å². The molecule has 21 heavy (non-hydrogen) atoms. The van der Waals surface area contributed by atoms with Crippen LogP contribution in [-0.4, -0.2) is 23.3 Å². The number of nitrogens with zero attached hydrogens (tertiary/aromatic N) is 1. The summed E-state index contributed by atoms with van der Waals surface area (Å²) in [4.78, 5) is 10.4. The van der Waals surface area contributed by atoms with Crippen LogP contribution in [0.2, 0.25) is 5.02 Å². The van der Waals surface area contributed by atoms with Gasteiger partial charge in [0.25, 0.3) is 0 Å². The number of carbonyl (C=O) groups is 1. The second-order valence-electron chi connectivity index (χ2n) is 5.50. The maximum atomic E-state index is 10.4. The number of hydrogen-bond donors (Lipinski definition) is 2. The Balaban J connectivity index is 2.08. The van der Waals surface area contributed by atoms with Crippen molar-refractivity contribution in [3.63, 3.8) is 0 Å². The molecule has 4 nitrogen and oxygen atoms in total. The molecule has 0 bridgehead atoms. The smallest absolute Gasteiger partial charge is 0.324 e. The van der Waals surface area contributed by atoms with Gasteiger partial charge in [0, 0.05) is 5.02 Å². The van der Waals surface area contributed by atoms with Crippen LogP contribution < -0.4 is 5.43 Å². The van der Waals surface area contributed by atoms with E-state index in [4.69, 9.17) is 16.7 Å². The fourth-order valence-electron chi connectivity index (χ4n) is 2.79. The lowest BCUT2D eigenvalue weighted by atomic mass is 9.84. The number of aliphatic carboxylic acids is 1. The Morgan fingerprint density at radius 1 is 1.38 bits per heavy atom. The van der Waals surface area contributed by atoms with Crippen LogP contribution in [0, 0.1) is 0 Å². The first kappa shape index (κ1) is 15.8. The van der Waals surface area contributed by atoms with Gasteiger partial charge in [-0.1, -0.05) is 43.0 Å². The molecule has 0 unspecified atom stereocenters. The largest absolute Gasteiger partial charge is 0.480 e. The van der Waals surface area contributed by atoms with Crippen molar-refractivity contribution in [2.24, 2.45) is 5.10 Å². The Morgan fingerprint density at radius 2 is 2.10 bits per heavy atom. The van der Waals surface area contributed by atoms with Crippen LogP contribution >= 0.6 is 11.6 Å². The van der Waals surface area contributed by atoms with Gasteiger partial charge < -0.3 is 5.11 Å². The summed E-state index contributed by atoms with van der Waals surface area (Å²) < 4.78 is 0. The van der Waals surface area contributed by atoms with Crippen LogP contribution in [0.4, 0.5) is 0 Å². The summed E-state index contributed by atoms with van der Waals surface area (Å²) in [5.41, 5.74) is 5.40. The van der Waals surface area contributed by atoms with Gasteiger partial charge in [-0.3, -0.25) is 10.2 Å². The minimum Gasteiger partial charge on any atom is -0.480 e. The second-order valence-corrected chi connectivity index (χ2v) is 5.90. The van der Waals surface area contributed by atoms with Crippen molar-refractivity contribution < 1.29 is 9.90 Å². The molecule has 5 heteroatoms. The molecule has 0 spiro atoms. The molecular formula is C16H21ClN2O2. The van der Waals surface area contributed by atoms with E-state index in [1.54, 1.807) is 0 Å². The Hall–Kier alpha value is -1.55. The Labute approximate surface area is 130 Å². The first-order valence-corrected chi connectivity index (χ1v) is 7.74. The van der Waals surface area contributed by atoms with Crippen LogP contribution in [0.15, 0.2) is 23.3 Å². The molecule has 0 heterocycles. The highest BCUT2D eigenvalue weighted by molar-refractivity contribution is 6.31. The van der Waals surface area contributed by atoms with Gasteiger partial charge in [-0.05, 0) is 42.9 Å². The summed E-state index contributed by atoms with van der Waals surface area (Å²) in [5.74, 6) is -0.361. The highest BCUT2D eigenvalue weighted by atomic mass is 35.5. The minimum absolute atomic E-state index is 0.189. The zero-order valence-corrected chi connectivity index (χ0v) is 13.0. The molecule has 1 aliphatic carbocycles. The standard InChI is InChI=1S/C16H21ClN2O2/c1-11(19-18-10-16(20)21)13-7-8-14(15(17)9-13)12-5-3-2-4-6-12/h7-9,12,18H,2-6,10H2,1H3,(H,20,21)/b19-11+. The lowest BCUT2D eigenvalue weighted by molar-refractivity contribution is -0.135. The molecule has 114 valence electrons. The van der Waals surface area contributed by atoms with Crippen LogP contribution in [0.3, 0.4) is 0 Å². The first-order valence-electron chi connectivity index (χ1n) is 7.36. The van der Waals surface area contributed by atoms with Gasteiger partial charge in [-0.25, -0.2) is 0 Å². The van der Waals surface area contributed by atoms with Gasteiger partial charge in [0.1, 0.15) is 6.54 Å². The van der Waals surface area contributed by atoms with Gasteiger partial charge in [0.05, 0.1) is 5.71 Å². The fourth-order valence-corrected chi connectivity index (χ4v) is 3.12. The molecule has 0 aromatic heterocycles. The molecule has 1 aromatic rings. The van der Waals surface area contributed by atoms with Crippen molar-refractivity contribution in [2.45, 2.75) is 44.9 Å². The van der Waals surface area contributed by atoms with Gasteiger partial charge in [-0.15, -0.1) is 0 Å². The number of rotatable bonds is 5. The van der Waals surface area contributed by atoms with Crippen LogP contribution in [0.25, 0.3) is 0 Å². The highest BCUT2D eigenvalue weighted by Gasteiger charge is 2.18. The molecule has 0 radical (unpaired) electrons. The molecule has 0 aliphatic heterocycles. The van der Waals surface area contributed by atoms with E-state index in [1.807, 2.05) is 19.1 Å². The molecule has 0 amide bonds. The van der Waals surface area contributed by atoms with E-state index in [-0.39, 0.29) is 6.54 Å². The number of carboxylic acids is 1. The molecular weight excluding hydrogens is 288 g/mol. The highest BCUT2D eigenvalue weighted by Crippen LogP contribution is 2.36. The Kier molecular flexibility index (Phi) is 5.62. The first-order chi connectivity index (χ1) is 10.1. The summed E-state index contributed by atoms with van der Waals surface area (Å²) in [6, 6.07) is 6.02. The molecule has 2 rings (SSSR count). The number of carboxylic acid groups (broad SMARTS) is 1. The van der Waals surface area contributed by atoms with E-state index in [2.05, 4.69) is 16.6 Å². The van der Waals surface area contributed by atoms with Gasteiger partial charge in [0.15, 0.2) is 0 Å². The lowest BCUT2D eigenvalue weighted by Crippen LogP contribution is -2.18. The van der Waals surface area contributed by atoms with Crippen molar-refractivity contribution in [1.29, 1.82) is 0 Å². The SMILES string of the molecule is C/C(=N\NCC(=O)O)c1ccc(C2CCCCC2)c(Cl)c1. The summed E-state index contributed by atoms with van der Waals surface area (Å²) in [5, 5.41) is 13.4. The third kappa shape index (κ3) is 4.46. The van der Waals surface area contributed by atoms with Crippen molar-refractivity contribution in [3.8, 4) is 0 Å². The average Bonchev–Trinajstić information content (AvgIpc) is 2.47. The normalized spacial score (nSPS) is 16.8. The van der Waals surface area contributed by atoms with Crippen molar-refractivity contribution in [2.75, 3.05) is 6.54 Å². The number of nitrogens with one attached hydrogen (secondary N) is 1. The Morgan fingerprint density at radius 3 is 2.71 bits per heavy atom. The maximum Gasteiger partial charge on any atom is 0.324 e. The third-order valence-electron chi connectivity index (χ3n) is 3.94. The van der Waals surface area contributed by atoms with E-state index >= 15 is 0 Å². The summed E-state index contributed by atoms with van der Waals surface area (Å²) >= 11 is 6.42. The molecule has 1 fully saturated rings. The van der Waals surface area contributed by atoms with Gasteiger partial charge in [0.2, 0.25) is 0 Å². The van der Waals surface area contributed by atoms with E-state index in [0.717, 1.165) is 16.3 Å². The van der Waals surface area contributed by atoms with E-state index in [9.17, 15) is 4.79 Å². The van der Waals surface area contributed by atoms with E-state index < -0.39 is 5.97 Å². The Bertz CT molecular complexity index is 537. The lowest BCUT2D eigenvalue weighted by Gasteiger charge is -2.23. The van der Waals surface area contributed by atoms with Crippen LogP contribution in [0.5, 0.6) is 0 Å². The number of hydrogen-bond acceptors (Lipinski definition) is 3. The molecule has 2 N–H and O–H groups in total. The minimum atomic E-state index is -0.933. The third-order valence-corrected chi connectivity index (χ3v) is 4.27. The maximum absolute atomic E-state index is 10.4. The number of hydrazone groups is 1. The number of benzene rings is 1. The predicted octanol–water partition coefficient (Wildman–Crippen LogP) is 3.79. The van der Waals surface area contributed by atoms with E-state index in [1.165, 1.54) is 37.7 Å². The predicted molar refractivity (Wildman–Crippen MR) is 85.1 cm³/mol. The zero-order valence-electron chi connectivity index (χ0n) is 12.2. The van der Waals surface area contributed by atoms with Crippen LogP contribution in [-0.2, 0) is 4.79 Å². The number of halogens is 1. The second kappa shape index (κ2) is 7.46. The zero-order chi connectivity index (χ0) is 15.2. The summed E-state index contributed by atoms with van der Waals surface area (Å²) in [6.07, 6.45) is 6.32. The molecule has 1 saturated carbocycles. The van der Waals surface area contributed by atoms with Crippen LogP contribution in [0.1, 0.15) is 56.1 Å². The topological polar surface area (TPSA) is 61.7 Å². The molecule has 1 aliphatic rings. The van der Waals surface area contributed by atoms with Crippen molar-refractivity contribution in [3.05, 3.63) is 34.3 Å². The fraction of sp³-hybridized carbons (Fsp3) is 0.500. The summed E-state index contributed by atoms with van der Waals surface area (Å²) in [6.45, 7) is 1.64. The van der Waals surface area contributed by atoms with Crippen molar-refractivity contribution in [1.82, 2.24) is 5.43 Å². The molecule has 0 saturated heterocycles. The average molecular weight is 309 g/mol. The van der Waals surface area contributed by atoms with Gasteiger partial charge in [-0.2, -0.15) is 5.10 Å². The summed E-state index contributed by atoms with van der Waals surface area (Å²) in [7, 11) is 0. The molecule has 1 aromatic carbocycles. The van der Waals surface area contributed by atoms with Gasteiger partial charge >= 0.3 is 5.97 Å². The quantitative estimate of drug-likeness (QED) is 0.642. The molecule has 0 atom stereocenters. The monoisotopic (exact) mass is 308 g/mol. The van der Waals surface area contributed by atoms with Crippen molar-refractivity contribution >= 4 is 23.3 Å².